The monoisotopic (exact) mass is 241 g/mol. The molecule has 0 aromatic carbocycles. The molecule has 3 heteroatoms. The van der Waals surface area contributed by atoms with Gasteiger partial charge in [-0.2, -0.15) is 0 Å². The lowest BCUT2D eigenvalue weighted by atomic mass is 10.1. The van der Waals surface area contributed by atoms with Crippen molar-refractivity contribution in [2.75, 3.05) is 6.61 Å². The zero-order valence-corrected chi connectivity index (χ0v) is 11.0. The summed E-state index contributed by atoms with van der Waals surface area (Å²) in [6, 6.07) is 0. The summed E-state index contributed by atoms with van der Waals surface area (Å²) >= 11 is 0. The van der Waals surface area contributed by atoms with Gasteiger partial charge in [0.2, 0.25) is 5.91 Å². The largest absolute Gasteiger partial charge is 0.378 e. The third kappa shape index (κ3) is 8.19. The maximum absolute atomic E-state index is 10.7. The lowest BCUT2D eigenvalue weighted by Crippen LogP contribution is -2.18. The molecule has 0 saturated heterocycles. The first-order chi connectivity index (χ1) is 8.29. The first kappa shape index (κ1) is 14.5. The summed E-state index contributed by atoms with van der Waals surface area (Å²) in [5, 5.41) is 0. The van der Waals surface area contributed by atoms with Gasteiger partial charge in [0, 0.05) is 6.42 Å². The van der Waals surface area contributed by atoms with E-state index >= 15 is 0 Å². The van der Waals surface area contributed by atoms with Crippen LogP contribution in [0.25, 0.3) is 0 Å². The Kier molecular flexibility index (Phi) is 8.06. The van der Waals surface area contributed by atoms with Crippen molar-refractivity contribution in [1.82, 2.24) is 0 Å². The molecular weight excluding hydrogens is 214 g/mol. The predicted molar refractivity (Wildman–Crippen MR) is 69.7 cm³/mol. The van der Waals surface area contributed by atoms with Crippen molar-refractivity contribution < 1.29 is 9.53 Å². The zero-order valence-electron chi connectivity index (χ0n) is 11.0. The van der Waals surface area contributed by atoms with Gasteiger partial charge < -0.3 is 10.5 Å². The van der Waals surface area contributed by atoms with Crippen LogP contribution in [-0.4, -0.2) is 18.6 Å². The van der Waals surface area contributed by atoms with Crippen LogP contribution in [0.15, 0.2) is 0 Å². The van der Waals surface area contributed by atoms with Crippen molar-refractivity contribution in [2.45, 2.75) is 76.7 Å². The van der Waals surface area contributed by atoms with Crippen LogP contribution in [0.4, 0.5) is 0 Å². The van der Waals surface area contributed by atoms with Crippen LogP contribution in [0.1, 0.15) is 70.6 Å². The molecule has 0 aliphatic heterocycles. The number of carbonyl (C=O) groups is 1. The summed E-state index contributed by atoms with van der Waals surface area (Å²) < 4.78 is 5.77. The van der Waals surface area contributed by atoms with Crippen molar-refractivity contribution in [3.63, 3.8) is 0 Å². The topological polar surface area (TPSA) is 52.3 Å². The Labute approximate surface area is 105 Å². The standard InChI is InChI=1S/C14H27NO2/c15-14(16)11-12-17-13-9-7-5-3-1-2-4-6-8-10-13/h13H,1-12H2,(H2,15,16). The molecule has 0 radical (unpaired) electrons. The number of amides is 1. The molecule has 0 unspecified atom stereocenters. The maximum Gasteiger partial charge on any atom is 0.219 e. The highest BCUT2D eigenvalue weighted by molar-refractivity contribution is 5.73. The molecule has 1 rings (SSSR count). The smallest absolute Gasteiger partial charge is 0.219 e. The van der Waals surface area contributed by atoms with Crippen LogP contribution in [0.5, 0.6) is 0 Å². The van der Waals surface area contributed by atoms with E-state index in [1.54, 1.807) is 0 Å². The van der Waals surface area contributed by atoms with E-state index in [0.29, 0.717) is 19.1 Å². The van der Waals surface area contributed by atoms with Crippen LogP contribution in [0.2, 0.25) is 0 Å². The van der Waals surface area contributed by atoms with Crippen molar-refractivity contribution in [3.05, 3.63) is 0 Å². The Bertz CT molecular complexity index is 194. The van der Waals surface area contributed by atoms with E-state index in [1.165, 1.54) is 51.4 Å². The summed E-state index contributed by atoms with van der Waals surface area (Å²) in [5.74, 6) is -0.262. The highest BCUT2D eigenvalue weighted by atomic mass is 16.5. The minimum Gasteiger partial charge on any atom is -0.378 e. The highest BCUT2D eigenvalue weighted by Gasteiger charge is 2.10. The average molecular weight is 241 g/mol. The predicted octanol–water partition coefficient (Wildman–Crippen LogP) is 3.16. The lowest BCUT2D eigenvalue weighted by molar-refractivity contribution is -0.119. The number of ether oxygens (including phenoxy) is 1. The second-order valence-electron chi connectivity index (χ2n) is 5.11. The number of primary amides is 1. The van der Waals surface area contributed by atoms with Crippen molar-refractivity contribution in [1.29, 1.82) is 0 Å². The van der Waals surface area contributed by atoms with Gasteiger partial charge in [-0.3, -0.25) is 4.79 Å². The van der Waals surface area contributed by atoms with E-state index in [-0.39, 0.29) is 5.91 Å². The normalized spacial score (nSPS) is 20.7. The Hall–Kier alpha value is -0.570. The molecule has 17 heavy (non-hydrogen) atoms. The molecule has 0 aromatic rings. The average Bonchev–Trinajstić information content (AvgIpc) is 2.34. The van der Waals surface area contributed by atoms with Crippen molar-refractivity contribution in [2.24, 2.45) is 5.73 Å². The Balaban J connectivity index is 2.20. The molecule has 3 nitrogen and oxygen atoms in total. The molecule has 0 aromatic heterocycles. The van der Waals surface area contributed by atoms with E-state index < -0.39 is 0 Å². The van der Waals surface area contributed by atoms with Crippen LogP contribution < -0.4 is 5.73 Å². The number of hydrogen-bond acceptors (Lipinski definition) is 2. The molecule has 100 valence electrons. The minimum absolute atomic E-state index is 0.262. The van der Waals surface area contributed by atoms with E-state index in [4.69, 9.17) is 10.5 Å². The van der Waals surface area contributed by atoms with Gasteiger partial charge in [-0.1, -0.05) is 51.4 Å². The molecule has 0 heterocycles. The van der Waals surface area contributed by atoms with Gasteiger partial charge >= 0.3 is 0 Å². The third-order valence-corrected chi connectivity index (χ3v) is 3.50. The molecule has 0 atom stereocenters. The van der Waals surface area contributed by atoms with Crippen molar-refractivity contribution >= 4 is 5.91 Å². The van der Waals surface area contributed by atoms with Crippen molar-refractivity contribution in [3.8, 4) is 0 Å². The van der Waals surface area contributed by atoms with Gasteiger partial charge in [0.05, 0.1) is 12.7 Å². The third-order valence-electron chi connectivity index (χ3n) is 3.50. The van der Waals surface area contributed by atoms with Gasteiger partial charge in [0.25, 0.3) is 0 Å². The summed E-state index contributed by atoms with van der Waals surface area (Å²) in [5.41, 5.74) is 5.11. The summed E-state index contributed by atoms with van der Waals surface area (Å²) in [4.78, 5) is 10.7. The summed E-state index contributed by atoms with van der Waals surface area (Å²) in [6.07, 6.45) is 13.7. The van der Waals surface area contributed by atoms with E-state index in [1.807, 2.05) is 0 Å². The van der Waals surface area contributed by atoms with Gasteiger partial charge in [-0.05, 0) is 12.8 Å². The second kappa shape index (κ2) is 9.46. The van der Waals surface area contributed by atoms with Crippen LogP contribution >= 0.6 is 0 Å². The van der Waals surface area contributed by atoms with Gasteiger partial charge in [0.1, 0.15) is 0 Å². The first-order valence-corrected chi connectivity index (χ1v) is 7.19. The number of nitrogens with two attached hydrogens (primary N) is 1. The Morgan fingerprint density at radius 2 is 1.41 bits per heavy atom. The van der Waals surface area contributed by atoms with Gasteiger partial charge in [-0.15, -0.1) is 0 Å². The Morgan fingerprint density at radius 3 is 1.88 bits per heavy atom. The highest BCUT2D eigenvalue weighted by Crippen LogP contribution is 2.18. The number of carbonyl (C=O) groups excluding carboxylic acids is 1. The molecule has 1 amide bonds. The Morgan fingerprint density at radius 1 is 0.941 bits per heavy atom. The second-order valence-corrected chi connectivity index (χ2v) is 5.11. The molecule has 1 fully saturated rings. The van der Waals surface area contributed by atoms with Gasteiger partial charge in [-0.25, -0.2) is 0 Å². The van der Waals surface area contributed by atoms with Crippen LogP contribution in [0.3, 0.4) is 0 Å². The van der Waals surface area contributed by atoms with Crippen LogP contribution in [0, 0.1) is 0 Å². The van der Waals surface area contributed by atoms with E-state index in [9.17, 15) is 4.79 Å². The quantitative estimate of drug-likeness (QED) is 0.822. The molecular formula is C14H27NO2. The molecule has 2 N–H and O–H groups in total. The minimum atomic E-state index is -0.262. The molecule has 1 saturated carbocycles. The zero-order chi connectivity index (χ0) is 12.3. The summed E-state index contributed by atoms with van der Waals surface area (Å²) in [6.45, 7) is 0.500. The molecule has 0 spiro atoms. The van der Waals surface area contributed by atoms with Crippen LogP contribution in [-0.2, 0) is 9.53 Å². The molecule has 1 aliphatic rings. The van der Waals surface area contributed by atoms with Gasteiger partial charge in [0.15, 0.2) is 0 Å². The fourth-order valence-corrected chi connectivity index (χ4v) is 2.44. The summed E-state index contributed by atoms with van der Waals surface area (Å²) in [7, 11) is 0. The fourth-order valence-electron chi connectivity index (χ4n) is 2.44. The number of rotatable bonds is 4. The van der Waals surface area contributed by atoms with E-state index in [0.717, 1.165) is 12.8 Å². The lowest BCUT2D eigenvalue weighted by Gasteiger charge is -2.17. The first-order valence-electron chi connectivity index (χ1n) is 7.19. The molecule has 0 bridgehead atoms. The maximum atomic E-state index is 10.7. The van der Waals surface area contributed by atoms with E-state index in [2.05, 4.69) is 0 Å². The molecule has 1 aliphatic carbocycles. The number of hydrogen-bond donors (Lipinski definition) is 1. The SMILES string of the molecule is NC(=O)CCOC1CCCCCCCCCC1. The fraction of sp³-hybridized carbons (Fsp3) is 0.929.